The molecule has 0 fully saturated rings. The second kappa shape index (κ2) is 19.0. The number of benzene rings is 1. The van der Waals surface area contributed by atoms with Crippen molar-refractivity contribution >= 4 is 24.1 Å². The van der Waals surface area contributed by atoms with Crippen molar-refractivity contribution in [3.63, 3.8) is 0 Å². The second-order valence-corrected chi connectivity index (χ2v) is 10.2. The second-order valence-electron chi connectivity index (χ2n) is 10.2. The van der Waals surface area contributed by atoms with E-state index >= 15 is 0 Å². The third kappa shape index (κ3) is 13.3. The lowest BCUT2D eigenvalue weighted by Gasteiger charge is -2.25. The molecular weight excluding hydrogens is 518 g/mol. The predicted octanol–water partition coefficient (Wildman–Crippen LogP) is 6.27. The number of unbranched alkanes of at least 4 members (excludes halogenated alkanes) is 4. The van der Waals surface area contributed by atoms with Crippen molar-refractivity contribution in [1.82, 2.24) is 0 Å². The van der Waals surface area contributed by atoms with E-state index in [9.17, 15) is 24.3 Å². The summed E-state index contributed by atoms with van der Waals surface area (Å²) in [6.07, 6.45) is 5.05. The van der Waals surface area contributed by atoms with Crippen LogP contribution in [0.4, 0.5) is 4.79 Å². The van der Waals surface area contributed by atoms with E-state index in [-0.39, 0.29) is 36.9 Å². The number of ether oxygens (including phenoxy) is 4. The maximum absolute atomic E-state index is 12.5. The van der Waals surface area contributed by atoms with Gasteiger partial charge in [-0.3, -0.25) is 14.4 Å². The molecule has 0 heterocycles. The number of carboxylic acids is 1. The maximum Gasteiger partial charge on any atom is 0.508 e. The maximum atomic E-state index is 12.5. The minimum Gasteiger partial charge on any atom is -0.480 e. The number of nitrogens with two attached hydrogens (primary N) is 1. The number of hydrogen-bond donors (Lipinski definition) is 2. The molecule has 1 aromatic rings. The molecule has 226 valence electrons. The molecule has 0 aliphatic heterocycles. The predicted molar refractivity (Wildman–Crippen MR) is 150 cm³/mol. The molecule has 3 N–H and O–H groups in total. The van der Waals surface area contributed by atoms with Crippen LogP contribution in [-0.2, 0) is 23.9 Å². The summed E-state index contributed by atoms with van der Waals surface area (Å²) < 4.78 is 21.7. The van der Waals surface area contributed by atoms with Gasteiger partial charge in [0.25, 0.3) is 0 Å². The third-order valence-electron chi connectivity index (χ3n) is 6.41. The van der Waals surface area contributed by atoms with E-state index in [2.05, 4.69) is 0 Å². The molecule has 0 saturated carbocycles. The van der Waals surface area contributed by atoms with Crippen LogP contribution in [0.15, 0.2) is 18.2 Å². The fourth-order valence-electron chi connectivity index (χ4n) is 4.20. The van der Waals surface area contributed by atoms with Gasteiger partial charge in [-0.25, -0.2) is 4.79 Å². The van der Waals surface area contributed by atoms with Gasteiger partial charge < -0.3 is 29.8 Å². The Hall–Kier alpha value is -3.14. The molecule has 3 unspecified atom stereocenters. The molecule has 40 heavy (non-hydrogen) atoms. The van der Waals surface area contributed by atoms with Crippen molar-refractivity contribution < 1.29 is 43.2 Å². The molecule has 0 radical (unpaired) electrons. The Bertz CT molecular complexity index is 949. The van der Waals surface area contributed by atoms with Crippen molar-refractivity contribution in [3.8, 4) is 11.5 Å². The molecule has 0 aliphatic carbocycles. The summed E-state index contributed by atoms with van der Waals surface area (Å²) >= 11 is 0. The van der Waals surface area contributed by atoms with Crippen LogP contribution in [0.5, 0.6) is 11.5 Å². The van der Waals surface area contributed by atoms with Crippen LogP contribution in [0.2, 0.25) is 0 Å². The Morgan fingerprint density at radius 2 is 1.35 bits per heavy atom. The molecule has 0 amide bonds. The van der Waals surface area contributed by atoms with Crippen LogP contribution >= 0.6 is 0 Å². The molecule has 0 saturated heterocycles. The van der Waals surface area contributed by atoms with E-state index in [1.54, 1.807) is 19.9 Å². The number of carbonyl (C=O) groups is 4. The summed E-state index contributed by atoms with van der Waals surface area (Å²) in [5, 5.41) is 9.69. The average Bonchev–Trinajstić information content (AvgIpc) is 2.88. The van der Waals surface area contributed by atoms with Crippen LogP contribution in [0.25, 0.3) is 0 Å². The van der Waals surface area contributed by atoms with E-state index in [1.807, 2.05) is 20.8 Å². The zero-order valence-electron chi connectivity index (χ0n) is 24.6. The summed E-state index contributed by atoms with van der Waals surface area (Å²) in [5.41, 5.74) is 6.48. The summed E-state index contributed by atoms with van der Waals surface area (Å²) in [4.78, 5) is 49.0. The largest absolute Gasteiger partial charge is 0.508 e. The Morgan fingerprint density at radius 3 is 1.88 bits per heavy atom. The topological polar surface area (TPSA) is 151 Å². The number of hydrogen-bond acceptors (Lipinski definition) is 9. The van der Waals surface area contributed by atoms with Crippen LogP contribution in [-0.4, -0.2) is 47.4 Å². The van der Waals surface area contributed by atoms with Crippen molar-refractivity contribution in [1.29, 1.82) is 0 Å². The lowest BCUT2D eigenvalue weighted by atomic mass is 9.87. The van der Waals surface area contributed by atoms with Gasteiger partial charge in [0.05, 0.1) is 0 Å². The SMILES string of the molecule is CCCCCC(=O)Oc1ccc(C(CC(C)OC(=O)OC(C)CCC)[C@H](N)C(=O)O)cc1OC(=O)CCCCC. The Balaban J connectivity index is 3.22. The Labute approximate surface area is 237 Å². The van der Waals surface area contributed by atoms with Gasteiger partial charge in [-0.1, -0.05) is 58.9 Å². The fourth-order valence-corrected chi connectivity index (χ4v) is 4.20. The van der Waals surface area contributed by atoms with E-state index in [0.717, 1.165) is 32.1 Å². The fraction of sp³-hybridized carbons (Fsp3) is 0.667. The van der Waals surface area contributed by atoms with Gasteiger partial charge in [-0.05, 0) is 57.2 Å². The lowest BCUT2D eigenvalue weighted by Crippen LogP contribution is -2.38. The monoisotopic (exact) mass is 565 g/mol. The zero-order valence-corrected chi connectivity index (χ0v) is 24.6. The van der Waals surface area contributed by atoms with Gasteiger partial charge >= 0.3 is 24.1 Å². The highest BCUT2D eigenvalue weighted by Gasteiger charge is 2.30. The zero-order chi connectivity index (χ0) is 30.1. The molecule has 4 atom stereocenters. The normalized spacial score (nSPS) is 13.9. The smallest absolute Gasteiger partial charge is 0.480 e. The van der Waals surface area contributed by atoms with Crippen LogP contribution in [0, 0.1) is 0 Å². The van der Waals surface area contributed by atoms with E-state index < -0.39 is 42.1 Å². The van der Waals surface area contributed by atoms with Gasteiger partial charge in [0.2, 0.25) is 0 Å². The minimum atomic E-state index is -1.35. The highest BCUT2D eigenvalue weighted by Crippen LogP contribution is 2.35. The first-order valence-electron chi connectivity index (χ1n) is 14.4. The molecule has 0 bridgehead atoms. The highest BCUT2D eigenvalue weighted by molar-refractivity contribution is 5.77. The van der Waals surface area contributed by atoms with Gasteiger partial charge in [-0.2, -0.15) is 0 Å². The number of aliphatic carboxylic acids is 1. The molecule has 0 aromatic heterocycles. The van der Waals surface area contributed by atoms with Crippen molar-refractivity contribution in [2.75, 3.05) is 0 Å². The van der Waals surface area contributed by atoms with Crippen LogP contribution < -0.4 is 15.2 Å². The van der Waals surface area contributed by atoms with Crippen molar-refractivity contribution in [2.45, 2.75) is 129 Å². The highest BCUT2D eigenvalue weighted by atomic mass is 16.7. The lowest BCUT2D eigenvalue weighted by molar-refractivity contribution is -0.139. The number of rotatable bonds is 19. The summed E-state index contributed by atoms with van der Waals surface area (Å²) in [7, 11) is 0. The van der Waals surface area contributed by atoms with Gasteiger partial charge in [0.15, 0.2) is 11.5 Å². The third-order valence-corrected chi connectivity index (χ3v) is 6.41. The standard InChI is InChI=1S/C30H47NO9/c1-6-9-11-14-26(32)39-24-17-16-22(19-25(24)40-27(33)15-12-10-7-2)23(28(31)29(34)35)18-21(5)38-30(36)37-20(4)13-8-3/h16-17,19-21,23,28H,6-15,18,31H2,1-5H3,(H,34,35)/t20?,21?,23?,28-/m0/s1. The Morgan fingerprint density at radius 1 is 0.800 bits per heavy atom. The van der Waals surface area contributed by atoms with Crippen molar-refractivity contribution in [3.05, 3.63) is 23.8 Å². The number of carbonyl (C=O) groups excluding carboxylic acids is 3. The van der Waals surface area contributed by atoms with Gasteiger partial charge in [0, 0.05) is 18.8 Å². The minimum absolute atomic E-state index is 0.00630. The molecule has 0 spiro atoms. The van der Waals surface area contributed by atoms with Crippen LogP contribution in [0.3, 0.4) is 0 Å². The first-order chi connectivity index (χ1) is 19.0. The molecular formula is C30H47NO9. The van der Waals surface area contributed by atoms with E-state index in [0.29, 0.717) is 24.8 Å². The van der Waals surface area contributed by atoms with E-state index in [1.165, 1.54) is 12.1 Å². The van der Waals surface area contributed by atoms with Crippen molar-refractivity contribution in [2.24, 2.45) is 5.73 Å². The number of carboxylic acid groups (broad SMARTS) is 1. The molecule has 10 nitrogen and oxygen atoms in total. The first kappa shape index (κ1) is 34.9. The van der Waals surface area contributed by atoms with Gasteiger partial charge in [0.1, 0.15) is 18.2 Å². The Kier molecular flexibility index (Phi) is 16.6. The number of esters is 2. The molecule has 1 aromatic carbocycles. The first-order valence-corrected chi connectivity index (χ1v) is 14.4. The molecule has 10 heteroatoms. The van der Waals surface area contributed by atoms with Gasteiger partial charge in [-0.15, -0.1) is 0 Å². The van der Waals surface area contributed by atoms with E-state index in [4.69, 9.17) is 24.7 Å². The molecule has 1 rings (SSSR count). The summed E-state index contributed by atoms with van der Waals surface area (Å²) in [6.45, 7) is 9.41. The summed E-state index contributed by atoms with van der Waals surface area (Å²) in [5.74, 6) is -2.95. The van der Waals surface area contributed by atoms with Crippen LogP contribution in [0.1, 0.15) is 117 Å². The average molecular weight is 566 g/mol. The summed E-state index contributed by atoms with van der Waals surface area (Å²) in [6, 6.07) is 3.16. The quantitative estimate of drug-likeness (QED) is 0.111. The molecule has 0 aliphatic rings.